The van der Waals surface area contributed by atoms with E-state index in [-0.39, 0.29) is 13.0 Å². The van der Waals surface area contributed by atoms with Gasteiger partial charge in [0.15, 0.2) is 5.79 Å². The van der Waals surface area contributed by atoms with Gasteiger partial charge in [0.05, 0.1) is 12.7 Å². The molecule has 0 radical (unpaired) electrons. The molecule has 3 unspecified atom stereocenters. The number of ether oxygens (including phenoxy) is 1. The van der Waals surface area contributed by atoms with E-state index in [0.29, 0.717) is 0 Å². The van der Waals surface area contributed by atoms with Gasteiger partial charge in [0, 0.05) is 6.42 Å². The Morgan fingerprint density at radius 3 is 2.50 bits per heavy atom. The zero-order valence-corrected chi connectivity index (χ0v) is 5.82. The Kier molecular flexibility index (Phi) is 1.96. The number of hydrogen-bond acceptors (Lipinski definition) is 4. The van der Waals surface area contributed by atoms with Gasteiger partial charge >= 0.3 is 0 Å². The summed E-state index contributed by atoms with van der Waals surface area (Å²) in [4.78, 5) is 0. The second kappa shape index (κ2) is 2.47. The van der Waals surface area contributed by atoms with Crippen LogP contribution in [0.3, 0.4) is 0 Å². The van der Waals surface area contributed by atoms with Crippen LogP contribution in [-0.4, -0.2) is 39.9 Å². The molecule has 10 heavy (non-hydrogen) atoms. The molecule has 3 atom stereocenters. The summed E-state index contributed by atoms with van der Waals surface area (Å²) < 4.78 is 4.75. The first kappa shape index (κ1) is 7.94. The Morgan fingerprint density at radius 2 is 2.10 bits per heavy atom. The van der Waals surface area contributed by atoms with Gasteiger partial charge in [-0.25, -0.2) is 0 Å². The van der Waals surface area contributed by atoms with Gasteiger partial charge in [0.1, 0.15) is 6.10 Å². The van der Waals surface area contributed by atoms with Crippen molar-refractivity contribution in [2.45, 2.75) is 31.3 Å². The summed E-state index contributed by atoms with van der Waals surface area (Å²) in [6.07, 6.45) is -1.47. The highest BCUT2D eigenvalue weighted by Crippen LogP contribution is 2.21. The van der Waals surface area contributed by atoms with Gasteiger partial charge in [0.2, 0.25) is 0 Å². The molecule has 3 N–H and O–H groups in total. The molecule has 0 aromatic carbocycles. The highest BCUT2D eigenvalue weighted by Gasteiger charge is 2.37. The van der Waals surface area contributed by atoms with Crippen LogP contribution >= 0.6 is 0 Å². The average molecular weight is 148 g/mol. The summed E-state index contributed by atoms with van der Waals surface area (Å²) >= 11 is 0. The van der Waals surface area contributed by atoms with E-state index in [4.69, 9.17) is 14.9 Å². The van der Waals surface area contributed by atoms with Crippen molar-refractivity contribution in [3.05, 3.63) is 0 Å². The molecule has 4 nitrogen and oxygen atoms in total. The van der Waals surface area contributed by atoms with Crippen LogP contribution in [0.25, 0.3) is 0 Å². The van der Waals surface area contributed by atoms with Gasteiger partial charge < -0.3 is 20.1 Å². The number of rotatable bonds is 0. The van der Waals surface area contributed by atoms with E-state index in [1.165, 1.54) is 6.92 Å². The topological polar surface area (TPSA) is 69.9 Å². The van der Waals surface area contributed by atoms with E-state index < -0.39 is 18.0 Å². The fourth-order valence-corrected chi connectivity index (χ4v) is 0.906. The summed E-state index contributed by atoms with van der Waals surface area (Å²) in [6.45, 7) is 1.47. The summed E-state index contributed by atoms with van der Waals surface area (Å²) in [7, 11) is 0. The highest BCUT2D eigenvalue weighted by atomic mass is 16.6. The SMILES string of the molecule is CC1(O)OCC(O)CC1O. The maximum atomic E-state index is 9.18. The Morgan fingerprint density at radius 1 is 1.50 bits per heavy atom. The lowest BCUT2D eigenvalue weighted by molar-refractivity contribution is -0.282. The second-order valence-corrected chi connectivity index (χ2v) is 2.77. The molecule has 4 heteroatoms. The van der Waals surface area contributed by atoms with Gasteiger partial charge in [0.25, 0.3) is 0 Å². The molecule has 0 aromatic rings. The molecule has 60 valence electrons. The minimum absolute atomic E-state index is 0.0874. The molecular weight excluding hydrogens is 136 g/mol. The first-order chi connectivity index (χ1) is 4.52. The van der Waals surface area contributed by atoms with E-state index in [9.17, 15) is 5.11 Å². The molecule has 1 aliphatic rings. The maximum absolute atomic E-state index is 9.18. The van der Waals surface area contributed by atoms with Crippen molar-refractivity contribution in [2.75, 3.05) is 6.61 Å². The van der Waals surface area contributed by atoms with Crippen molar-refractivity contribution in [2.24, 2.45) is 0 Å². The lowest BCUT2D eigenvalue weighted by Gasteiger charge is -2.35. The quantitative estimate of drug-likeness (QED) is 0.405. The molecule has 1 aliphatic heterocycles. The summed E-state index contributed by atoms with van der Waals surface area (Å²) in [5, 5.41) is 27.2. The van der Waals surface area contributed by atoms with Gasteiger partial charge in [-0.2, -0.15) is 0 Å². The molecule has 0 aliphatic carbocycles. The lowest BCUT2D eigenvalue weighted by atomic mass is 10.0. The third-order valence-corrected chi connectivity index (χ3v) is 1.68. The molecule has 0 aromatic heterocycles. The summed E-state index contributed by atoms with van der Waals surface area (Å²) in [5.41, 5.74) is 0. The first-order valence-corrected chi connectivity index (χ1v) is 3.25. The fourth-order valence-electron chi connectivity index (χ4n) is 0.906. The van der Waals surface area contributed by atoms with Crippen molar-refractivity contribution >= 4 is 0 Å². The van der Waals surface area contributed by atoms with Crippen molar-refractivity contribution in [1.82, 2.24) is 0 Å². The van der Waals surface area contributed by atoms with Crippen LogP contribution in [-0.2, 0) is 4.74 Å². The highest BCUT2D eigenvalue weighted by molar-refractivity contribution is 4.80. The van der Waals surface area contributed by atoms with Crippen molar-refractivity contribution < 1.29 is 20.1 Å². The minimum atomic E-state index is -1.49. The average Bonchev–Trinajstić information content (AvgIpc) is 1.81. The predicted octanol–water partition coefficient (Wildman–Crippen LogP) is -1.16. The Bertz CT molecular complexity index is 123. The molecule has 0 spiro atoms. The Hall–Kier alpha value is -0.160. The zero-order valence-electron chi connectivity index (χ0n) is 5.82. The van der Waals surface area contributed by atoms with Crippen molar-refractivity contribution in [3.63, 3.8) is 0 Å². The smallest absolute Gasteiger partial charge is 0.189 e. The largest absolute Gasteiger partial charge is 0.391 e. The van der Waals surface area contributed by atoms with Gasteiger partial charge in [-0.1, -0.05) is 0 Å². The molecule has 1 fully saturated rings. The van der Waals surface area contributed by atoms with Crippen LogP contribution in [0.5, 0.6) is 0 Å². The van der Waals surface area contributed by atoms with Crippen molar-refractivity contribution in [3.8, 4) is 0 Å². The van der Waals surface area contributed by atoms with Gasteiger partial charge in [-0.15, -0.1) is 0 Å². The maximum Gasteiger partial charge on any atom is 0.189 e. The van der Waals surface area contributed by atoms with E-state index >= 15 is 0 Å². The third kappa shape index (κ3) is 1.46. The summed E-state index contributed by atoms with van der Waals surface area (Å²) in [6, 6.07) is 0. The number of aliphatic hydroxyl groups is 3. The van der Waals surface area contributed by atoms with Crippen LogP contribution in [0.1, 0.15) is 13.3 Å². The normalized spacial score (nSPS) is 49.2. The van der Waals surface area contributed by atoms with Crippen LogP contribution < -0.4 is 0 Å². The molecular formula is C6H12O4. The number of hydrogen-bond donors (Lipinski definition) is 3. The summed E-state index contributed by atoms with van der Waals surface area (Å²) in [5.74, 6) is -1.49. The monoisotopic (exact) mass is 148 g/mol. The van der Waals surface area contributed by atoms with Crippen LogP contribution in [0.4, 0.5) is 0 Å². The van der Waals surface area contributed by atoms with E-state index in [2.05, 4.69) is 0 Å². The standard InChI is InChI=1S/C6H12O4/c1-6(9)5(8)2-4(7)3-10-6/h4-5,7-9H,2-3H2,1H3. The van der Waals surface area contributed by atoms with Gasteiger partial charge in [-0.05, 0) is 6.92 Å². The third-order valence-electron chi connectivity index (χ3n) is 1.68. The Balaban J connectivity index is 2.52. The molecule has 0 amide bonds. The van der Waals surface area contributed by atoms with E-state index in [1.807, 2.05) is 0 Å². The number of aliphatic hydroxyl groups excluding tert-OH is 2. The molecule has 1 saturated heterocycles. The van der Waals surface area contributed by atoms with Crippen LogP contribution in [0.15, 0.2) is 0 Å². The van der Waals surface area contributed by atoms with Crippen LogP contribution in [0.2, 0.25) is 0 Å². The minimum Gasteiger partial charge on any atom is -0.391 e. The van der Waals surface area contributed by atoms with Crippen LogP contribution in [0, 0.1) is 0 Å². The molecule has 0 saturated carbocycles. The van der Waals surface area contributed by atoms with E-state index in [1.54, 1.807) is 0 Å². The fraction of sp³-hybridized carbons (Fsp3) is 1.00. The second-order valence-electron chi connectivity index (χ2n) is 2.77. The molecule has 1 heterocycles. The zero-order chi connectivity index (χ0) is 7.78. The molecule has 0 bridgehead atoms. The molecule has 1 rings (SSSR count). The predicted molar refractivity (Wildman–Crippen MR) is 33.2 cm³/mol. The van der Waals surface area contributed by atoms with Crippen molar-refractivity contribution in [1.29, 1.82) is 0 Å². The van der Waals surface area contributed by atoms with E-state index in [0.717, 1.165) is 0 Å². The van der Waals surface area contributed by atoms with Gasteiger partial charge in [-0.3, -0.25) is 0 Å². The first-order valence-electron chi connectivity index (χ1n) is 3.25. The lowest BCUT2D eigenvalue weighted by Crippen LogP contribution is -2.50. The Labute approximate surface area is 59.1 Å².